The summed E-state index contributed by atoms with van der Waals surface area (Å²) in [6, 6.07) is 9.77. The van der Waals surface area contributed by atoms with Gasteiger partial charge in [-0.3, -0.25) is 0 Å². The zero-order valence-electron chi connectivity index (χ0n) is 18.1. The Balaban J connectivity index is 0.00000450. The SMILES string of the molecule is CCNC(=NCc1ccc(F)c(CN(C)C)c1)NC(C)c1ccc(OC)c(F)c1.I. The molecule has 166 valence electrons. The predicted octanol–water partition coefficient (Wildman–Crippen LogP) is 4.47. The van der Waals surface area contributed by atoms with Crippen LogP contribution in [0.15, 0.2) is 41.4 Å². The van der Waals surface area contributed by atoms with E-state index in [2.05, 4.69) is 15.6 Å². The lowest BCUT2D eigenvalue weighted by Crippen LogP contribution is -2.38. The Morgan fingerprint density at radius 1 is 1.13 bits per heavy atom. The summed E-state index contributed by atoms with van der Waals surface area (Å²) in [6.07, 6.45) is 0. The Morgan fingerprint density at radius 3 is 2.47 bits per heavy atom. The molecule has 0 saturated heterocycles. The molecule has 2 rings (SSSR count). The van der Waals surface area contributed by atoms with Gasteiger partial charge in [-0.05, 0) is 63.3 Å². The van der Waals surface area contributed by atoms with Gasteiger partial charge in [0.1, 0.15) is 5.82 Å². The van der Waals surface area contributed by atoms with Gasteiger partial charge in [0.05, 0.1) is 19.7 Å². The number of aliphatic imine (C=N–C) groups is 1. The number of hydrogen-bond acceptors (Lipinski definition) is 3. The summed E-state index contributed by atoms with van der Waals surface area (Å²) in [4.78, 5) is 6.52. The first-order chi connectivity index (χ1) is 13.8. The third kappa shape index (κ3) is 7.71. The van der Waals surface area contributed by atoms with Crippen molar-refractivity contribution < 1.29 is 13.5 Å². The van der Waals surface area contributed by atoms with Gasteiger partial charge in [0.25, 0.3) is 0 Å². The van der Waals surface area contributed by atoms with Crippen LogP contribution < -0.4 is 15.4 Å². The normalized spacial score (nSPS) is 12.3. The fourth-order valence-electron chi connectivity index (χ4n) is 2.92. The number of nitrogens with one attached hydrogen (secondary N) is 2. The summed E-state index contributed by atoms with van der Waals surface area (Å²) < 4.78 is 32.9. The topological polar surface area (TPSA) is 48.9 Å². The molecule has 0 saturated carbocycles. The third-order valence-electron chi connectivity index (χ3n) is 4.39. The van der Waals surface area contributed by atoms with Crippen LogP contribution in [0.5, 0.6) is 5.75 Å². The molecule has 0 aliphatic rings. The van der Waals surface area contributed by atoms with Gasteiger partial charge in [-0.1, -0.05) is 12.1 Å². The van der Waals surface area contributed by atoms with Crippen LogP contribution in [0.3, 0.4) is 0 Å². The zero-order valence-corrected chi connectivity index (χ0v) is 20.5. The Hall–Kier alpha value is -1.94. The van der Waals surface area contributed by atoms with E-state index >= 15 is 0 Å². The van der Waals surface area contributed by atoms with Gasteiger partial charge in [0.2, 0.25) is 0 Å². The van der Waals surface area contributed by atoms with Gasteiger partial charge in [0.15, 0.2) is 17.5 Å². The molecule has 5 nitrogen and oxygen atoms in total. The number of guanidine groups is 1. The predicted molar refractivity (Wildman–Crippen MR) is 129 cm³/mol. The molecule has 0 aliphatic carbocycles. The van der Waals surface area contributed by atoms with Crippen molar-refractivity contribution in [3.63, 3.8) is 0 Å². The first kappa shape index (κ1) is 26.1. The molecule has 0 aromatic heterocycles. The number of halogens is 3. The lowest BCUT2D eigenvalue weighted by Gasteiger charge is -2.19. The minimum Gasteiger partial charge on any atom is -0.494 e. The highest BCUT2D eigenvalue weighted by molar-refractivity contribution is 14.0. The van der Waals surface area contributed by atoms with Crippen LogP contribution in [0.1, 0.15) is 36.6 Å². The Kier molecular flexibility index (Phi) is 11.0. The average molecular weight is 532 g/mol. The fraction of sp³-hybridized carbons (Fsp3) is 0.409. The van der Waals surface area contributed by atoms with E-state index in [4.69, 9.17) is 4.74 Å². The van der Waals surface area contributed by atoms with Crippen molar-refractivity contribution in [1.29, 1.82) is 0 Å². The maximum absolute atomic E-state index is 14.0. The monoisotopic (exact) mass is 532 g/mol. The molecule has 1 unspecified atom stereocenters. The maximum atomic E-state index is 14.0. The van der Waals surface area contributed by atoms with E-state index < -0.39 is 5.82 Å². The van der Waals surface area contributed by atoms with E-state index in [0.29, 0.717) is 31.2 Å². The smallest absolute Gasteiger partial charge is 0.192 e. The van der Waals surface area contributed by atoms with E-state index in [1.807, 2.05) is 45.0 Å². The van der Waals surface area contributed by atoms with Gasteiger partial charge in [-0.15, -0.1) is 24.0 Å². The summed E-state index contributed by atoms with van der Waals surface area (Å²) in [5.41, 5.74) is 2.34. The highest BCUT2D eigenvalue weighted by Gasteiger charge is 2.11. The molecule has 1 atom stereocenters. The molecule has 0 fully saturated rings. The van der Waals surface area contributed by atoms with Crippen LogP contribution in [0.4, 0.5) is 8.78 Å². The average Bonchev–Trinajstić information content (AvgIpc) is 2.68. The molecule has 0 radical (unpaired) electrons. The summed E-state index contributed by atoms with van der Waals surface area (Å²) in [5.74, 6) is 0.202. The highest BCUT2D eigenvalue weighted by atomic mass is 127. The van der Waals surface area contributed by atoms with Crippen LogP contribution in [0, 0.1) is 11.6 Å². The Morgan fingerprint density at radius 2 is 1.87 bits per heavy atom. The van der Waals surface area contributed by atoms with Crippen molar-refractivity contribution in [3.8, 4) is 5.75 Å². The van der Waals surface area contributed by atoms with E-state index in [1.165, 1.54) is 19.2 Å². The van der Waals surface area contributed by atoms with Crippen LogP contribution in [-0.4, -0.2) is 38.6 Å². The molecular weight excluding hydrogens is 501 g/mol. The maximum Gasteiger partial charge on any atom is 0.192 e. The molecular formula is C22H31F2IN4O. The number of nitrogens with zero attached hydrogens (tertiary/aromatic N) is 2. The molecule has 2 aromatic carbocycles. The van der Waals surface area contributed by atoms with Crippen molar-refractivity contribution >= 4 is 29.9 Å². The molecule has 0 aliphatic heterocycles. The number of benzene rings is 2. The second-order valence-electron chi connectivity index (χ2n) is 7.12. The van der Waals surface area contributed by atoms with Crippen molar-refractivity contribution in [1.82, 2.24) is 15.5 Å². The molecule has 30 heavy (non-hydrogen) atoms. The number of ether oxygens (including phenoxy) is 1. The fourth-order valence-corrected chi connectivity index (χ4v) is 2.92. The minimum absolute atomic E-state index is 0. The lowest BCUT2D eigenvalue weighted by atomic mass is 10.1. The van der Waals surface area contributed by atoms with E-state index in [9.17, 15) is 8.78 Å². The summed E-state index contributed by atoms with van der Waals surface area (Å²) in [6.45, 7) is 5.52. The molecule has 8 heteroatoms. The second-order valence-corrected chi connectivity index (χ2v) is 7.12. The Bertz CT molecular complexity index is 846. The van der Waals surface area contributed by atoms with Gasteiger partial charge >= 0.3 is 0 Å². The standard InChI is InChI=1S/C22H30F2N4O.HI/c1-6-25-22(27-15(2)17-8-10-21(29-5)20(24)12-17)26-13-16-7-9-19(23)18(11-16)14-28(3)4;/h7-12,15H,6,13-14H2,1-5H3,(H2,25,26,27);1H. The summed E-state index contributed by atoms with van der Waals surface area (Å²) >= 11 is 0. The first-order valence-corrected chi connectivity index (χ1v) is 9.64. The quantitative estimate of drug-likeness (QED) is 0.300. The molecule has 0 spiro atoms. The van der Waals surface area contributed by atoms with Gasteiger partial charge in [0, 0.05) is 18.7 Å². The number of methoxy groups -OCH3 is 1. The molecule has 0 heterocycles. The van der Waals surface area contributed by atoms with Crippen LogP contribution in [-0.2, 0) is 13.1 Å². The summed E-state index contributed by atoms with van der Waals surface area (Å²) in [7, 11) is 5.25. The molecule has 2 aromatic rings. The Labute approximate surface area is 194 Å². The van der Waals surface area contributed by atoms with Crippen molar-refractivity contribution in [2.24, 2.45) is 4.99 Å². The first-order valence-electron chi connectivity index (χ1n) is 9.64. The van der Waals surface area contributed by atoms with E-state index in [-0.39, 0.29) is 41.6 Å². The molecule has 2 N–H and O–H groups in total. The van der Waals surface area contributed by atoms with Gasteiger partial charge in [-0.2, -0.15) is 0 Å². The molecule has 0 bridgehead atoms. The largest absolute Gasteiger partial charge is 0.494 e. The molecule has 0 amide bonds. The zero-order chi connectivity index (χ0) is 21.4. The van der Waals surface area contributed by atoms with Crippen molar-refractivity contribution in [3.05, 3.63) is 64.7 Å². The van der Waals surface area contributed by atoms with Crippen molar-refractivity contribution in [2.45, 2.75) is 33.0 Å². The van der Waals surface area contributed by atoms with Crippen LogP contribution in [0.2, 0.25) is 0 Å². The van der Waals surface area contributed by atoms with E-state index in [1.54, 1.807) is 12.1 Å². The van der Waals surface area contributed by atoms with Gasteiger partial charge < -0.3 is 20.3 Å². The number of hydrogen-bond donors (Lipinski definition) is 2. The highest BCUT2D eigenvalue weighted by Crippen LogP contribution is 2.21. The third-order valence-corrected chi connectivity index (χ3v) is 4.39. The van der Waals surface area contributed by atoms with Crippen molar-refractivity contribution in [2.75, 3.05) is 27.7 Å². The number of rotatable bonds is 8. The lowest BCUT2D eigenvalue weighted by molar-refractivity contribution is 0.386. The summed E-state index contributed by atoms with van der Waals surface area (Å²) in [5, 5.41) is 6.46. The second kappa shape index (κ2) is 12.7. The van der Waals surface area contributed by atoms with Gasteiger partial charge in [-0.25, -0.2) is 13.8 Å². The van der Waals surface area contributed by atoms with Crippen LogP contribution in [0.25, 0.3) is 0 Å². The minimum atomic E-state index is -0.402. The van der Waals surface area contributed by atoms with E-state index in [0.717, 1.165) is 11.1 Å². The van der Waals surface area contributed by atoms with Crippen LogP contribution >= 0.6 is 24.0 Å².